The first-order valence-corrected chi connectivity index (χ1v) is 9.55. The number of aromatic nitrogens is 1. The molecule has 4 nitrogen and oxygen atoms in total. The van der Waals surface area contributed by atoms with E-state index < -0.39 is 0 Å². The van der Waals surface area contributed by atoms with Crippen LogP contribution in [0, 0.1) is 26.7 Å². The molecular formula is C20H22N2O2S. The zero-order valence-electron chi connectivity index (χ0n) is 15.0. The summed E-state index contributed by atoms with van der Waals surface area (Å²) in [6.45, 7) is 8.28. The van der Waals surface area contributed by atoms with E-state index in [4.69, 9.17) is 4.42 Å². The number of amides is 1. The van der Waals surface area contributed by atoms with Crippen LogP contribution in [0.15, 0.2) is 16.5 Å². The number of hydrogen-bond acceptors (Lipinski definition) is 4. The molecule has 0 saturated heterocycles. The van der Waals surface area contributed by atoms with Crippen LogP contribution in [0.1, 0.15) is 51.2 Å². The zero-order valence-corrected chi connectivity index (χ0v) is 15.8. The van der Waals surface area contributed by atoms with Gasteiger partial charge in [-0.25, -0.2) is 4.98 Å². The number of benzene rings is 1. The minimum Gasteiger partial charge on any atom is -0.450 e. The Morgan fingerprint density at radius 3 is 2.88 bits per heavy atom. The van der Waals surface area contributed by atoms with Gasteiger partial charge >= 0.3 is 0 Å². The quantitative estimate of drug-likeness (QED) is 0.689. The van der Waals surface area contributed by atoms with Gasteiger partial charge in [0.1, 0.15) is 5.58 Å². The number of fused-ring (bicyclic) bond motifs is 2. The Bertz CT molecular complexity index is 983. The Balaban J connectivity index is 1.65. The van der Waals surface area contributed by atoms with Gasteiger partial charge in [0, 0.05) is 15.8 Å². The van der Waals surface area contributed by atoms with Crippen LogP contribution in [-0.4, -0.2) is 10.9 Å². The van der Waals surface area contributed by atoms with Crippen LogP contribution in [0.2, 0.25) is 0 Å². The highest BCUT2D eigenvalue weighted by Crippen LogP contribution is 2.33. The average molecular weight is 354 g/mol. The van der Waals surface area contributed by atoms with Gasteiger partial charge in [0.05, 0.1) is 5.69 Å². The summed E-state index contributed by atoms with van der Waals surface area (Å²) in [5.41, 5.74) is 5.07. The summed E-state index contributed by atoms with van der Waals surface area (Å²) >= 11 is 1.60. The molecule has 0 saturated carbocycles. The number of thiazole rings is 1. The number of nitrogens with one attached hydrogen (secondary N) is 1. The lowest BCUT2D eigenvalue weighted by atomic mass is 9.93. The van der Waals surface area contributed by atoms with Gasteiger partial charge in [-0.1, -0.05) is 19.1 Å². The standard InChI is InChI=1S/C20H22N2O2S/c1-10-5-8-15-16(9-10)25-20(21-15)22-19(23)18-13(4)14-7-6-11(2)12(3)17(14)24-18/h6-7,10H,5,8-9H2,1-4H3,(H,21,22,23)/t10-/m0/s1. The molecule has 1 amide bonds. The van der Waals surface area contributed by atoms with Crippen molar-refractivity contribution in [1.82, 2.24) is 4.98 Å². The highest BCUT2D eigenvalue weighted by Gasteiger charge is 2.23. The zero-order chi connectivity index (χ0) is 17.7. The van der Waals surface area contributed by atoms with Crippen molar-refractivity contribution in [1.29, 1.82) is 0 Å². The molecule has 1 aromatic carbocycles. The Morgan fingerprint density at radius 2 is 2.08 bits per heavy atom. The number of hydrogen-bond donors (Lipinski definition) is 1. The highest BCUT2D eigenvalue weighted by atomic mass is 32.1. The lowest BCUT2D eigenvalue weighted by Crippen LogP contribution is -2.12. The predicted molar refractivity (Wildman–Crippen MR) is 102 cm³/mol. The van der Waals surface area contributed by atoms with Crippen molar-refractivity contribution in [3.8, 4) is 0 Å². The monoisotopic (exact) mass is 354 g/mol. The molecule has 1 aliphatic rings. The molecule has 0 radical (unpaired) electrons. The van der Waals surface area contributed by atoms with E-state index in [0.29, 0.717) is 16.8 Å². The Labute approximate surface area is 151 Å². The van der Waals surface area contributed by atoms with E-state index in [1.165, 1.54) is 11.3 Å². The van der Waals surface area contributed by atoms with Crippen LogP contribution < -0.4 is 5.32 Å². The lowest BCUT2D eigenvalue weighted by molar-refractivity contribution is 0.0998. The molecule has 5 heteroatoms. The summed E-state index contributed by atoms with van der Waals surface area (Å²) in [6.07, 6.45) is 3.24. The molecule has 0 unspecified atom stereocenters. The molecule has 2 aromatic heterocycles. The van der Waals surface area contributed by atoms with Gasteiger partial charge in [-0.2, -0.15) is 0 Å². The third-order valence-electron chi connectivity index (χ3n) is 5.24. The molecule has 0 bridgehead atoms. The molecule has 25 heavy (non-hydrogen) atoms. The Kier molecular flexibility index (Phi) is 3.91. The van der Waals surface area contributed by atoms with Crippen LogP contribution in [-0.2, 0) is 12.8 Å². The smallest absolute Gasteiger partial charge is 0.293 e. The Morgan fingerprint density at radius 1 is 1.28 bits per heavy atom. The third-order valence-corrected chi connectivity index (χ3v) is 6.27. The average Bonchev–Trinajstić information content (AvgIpc) is 3.11. The minimum absolute atomic E-state index is 0.218. The van der Waals surface area contributed by atoms with Crippen LogP contribution in [0.5, 0.6) is 0 Å². The fourth-order valence-electron chi connectivity index (χ4n) is 3.48. The van der Waals surface area contributed by atoms with Gasteiger partial charge in [-0.3, -0.25) is 10.1 Å². The molecule has 1 aliphatic carbocycles. The van der Waals surface area contributed by atoms with Crippen molar-refractivity contribution >= 4 is 33.3 Å². The maximum absolute atomic E-state index is 12.7. The van der Waals surface area contributed by atoms with Crippen molar-refractivity contribution in [2.45, 2.75) is 47.0 Å². The van der Waals surface area contributed by atoms with Gasteiger partial charge in [0.15, 0.2) is 10.9 Å². The van der Waals surface area contributed by atoms with Crippen LogP contribution in [0.25, 0.3) is 11.0 Å². The maximum Gasteiger partial charge on any atom is 0.293 e. The maximum atomic E-state index is 12.7. The molecule has 3 aromatic rings. The summed E-state index contributed by atoms with van der Waals surface area (Å²) in [4.78, 5) is 18.7. The third kappa shape index (κ3) is 2.76. The Hall–Kier alpha value is -2.14. The fourth-order valence-corrected chi connectivity index (χ4v) is 4.65. The normalized spacial score (nSPS) is 16.9. The summed E-state index contributed by atoms with van der Waals surface area (Å²) in [5.74, 6) is 0.857. The number of nitrogens with zero attached hydrogens (tertiary/aromatic N) is 1. The number of aryl methyl sites for hydroxylation is 4. The molecule has 0 aliphatic heterocycles. The number of rotatable bonds is 2. The molecule has 0 spiro atoms. The van der Waals surface area contributed by atoms with Gasteiger partial charge in [-0.05, 0) is 57.1 Å². The van der Waals surface area contributed by atoms with E-state index in [9.17, 15) is 4.79 Å². The molecule has 130 valence electrons. The second-order valence-electron chi connectivity index (χ2n) is 7.13. The highest BCUT2D eigenvalue weighted by molar-refractivity contribution is 7.15. The molecule has 1 N–H and O–H groups in total. The van der Waals surface area contributed by atoms with Crippen LogP contribution in [0.4, 0.5) is 5.13 Å². The van der Waals surface area contributed by atoms with Crippen molar-refractivity contribution in [3.63, 3.8) is 0 Å². The molecule has 4 rings (SSSR count). The van der Waals surface area contributed by atoms with E-state index >= 15 is 0 Å². The van der Waals surface area contributed by atoms with E-state index in [2.05, 4.69) is 23.3 Å². The van der Waals surface area contributed by atoms with Crippen molar-refractivity contribution in [2.75, 3.05) is 5.32 Å². The summed E-state index contributed by atoms with van der Waals surface area (Å²) < 4.78 is 5.93. The number of carbonyl (C=O) groups excluding carboxylic acids is 1. The van der Waals surface area contributed by atoms with E-state index in [1.807, 2.05) is 26.8 Å². The predicted octanol–water partition coefficient (Wildman–Crippen LogP) is 5.19. The SMILES string of the molecule is Cc1ccc2c(C)c(C(=O)Nc3nc4c(s3)C[C@@H](C)CC4)oc2c1C. The van der Waals surface area contributed by atoms with Crippen molar-refractivity contribution in [3.05, 3.63) is 45.2 Å². The second-order valence-corrected chi connectivity index (χ2v) is 8.21. The molecular weight excluding hydrogens is 332 g/mol. The van der Waals surface area contributed by atoms with Crippen molar-refractivity contribution < 1.29 is 9.21 Å². The first kappa shape index (κ1) is 16.3. The van der Waals surface area contributed by atoms with E-state index in [-0.39, 0.29) is 5.91 Å². The summed E-state index contributed by atoms with van der Waals surface area (Å²) in [6, 6.07) is 4.09. The number of carbonyl (C=O) groups is 1. The largest absolute Gasteiger partial charge is 0.450 e. The van der Waals surface area contributed by atoms with Gasteiger partial charge in [0.2, 0.25) is 0 Å². The lowest BCUT2D eigenvalue weighted by Gasteiger charge is -2.15. The molecule has 1 atom stereocenters. The van der Waals surface area contributed by atoms with E-state index in [0.717, 1.165) is 46.2 Å². The van der Waals surface area contributed by atoms with Crippen LogP contribution >= 0.6 is 11.3 Å². The fraction of sp³-hybridized carbons (Fsp3) is 0.400. The second kappa shape index (κ2) is 5.99. The first-order valence-electron chi connectivity index (χ1n) is 8.73. The topological polar surface area (TPSA) is 55.1 Å². The molecule has 2 heterocycles. The number of furan rings is 1. The van der Waals surface area contributed by atoms with Gasteiger partial charge < -0.3 is 4.42 Å². The minimum atomic E-state index is -0.218. The van der Waals surface area contributed by atoms with Crippen molar-refractivity contribution in [2.24, 2.45) is 5.92 Å². The molecule has 0 fully saturated rings. The first-order chi connectivity index (χ1) is 11.9. The van der Waals surface area contributed by atoms with Crippen LogP contribution in [0.3, 0.4) is 0 Å². The number of anilines is 1. The van der Waals surface area contributed by atoms with Gasteiger partial charge in [-0.15, -0.1) is 11.3 Å². The van der Waals surface area contributed by atoms with Gasteiger partial charge in [0.25, 0.3) is 5.91 Å². The van der Waals surface area contributed by atoms with E-state index in [1.54, 1.807) is 11.3 Å². The summed E-state index contributed by atoms with van der Waals surface area (Å²) in [7, 11) is 0. The summed E-state index contributed by atoms with van der Waals surface area (Å²) in [5, 5.41) is 4.62.